The van der Waals surface area contributed by atoms with Crippen molar-refractivity contribution in [1.82, 2.24) is 9.55 Å². The molecule has 0 aliphatic rings. The first-order valence-corrected chi connectivity index (χ1v) is 5.67. The van der Waals surface area contributed by atoms with E-state index >= 15 is 0 Å². The SMILES string of the molecule is CCOc1ccc(C(N)c2cncn2C)cc1. The van der Waals surface area contributed by atoms with E-state index < -0.39 is 0 Å². The molecule has 1 unspecified atom stereocenters. The van der Waals surface area contributed by atoms with Gasteiger partial charge in [0.05, 0.1) is 30.9 Å². The number of hydrogen-bond acceptors (Lipinski definition) is 3. The van der Waals surface area contributed by atoms with Crippen molar-refractivity contribution in [2.24, 2.45) is 12.8 Å². The Morgan fingerprint density at radius 2 is 2.06 bits per heavy atom. The zero-order chi connectivity index (χ0) is 12.3. The largest absolute Gasteiger partial charge is 0.494 e. The molecule has 1 aromatic carbocycles. The fourth-order valence-electron chi connectivity index (χ4n) is 1.78. The number of rotatable bonds is 4. The zero-order valence-electron chi connectivity index (χ0n) is 10.1. The Morgan fingerprint density at radius 1 is 1.35 bits per heavy atom. The maximum Gasteiger partial charge on any atom is 0.119 e. The molecule has 0 amide bonds. The summed E-state index contributed by atoms with van der Waals surface area (Å²) in [5.74, 6) is 0.869. The van der Waals surface area contributed by atoms with Crippen molar-refractivity contribution >= 4 is 0 Å². The van der Waals surface area contributed by atoms with E-state index in [1.54, 1.807) is 12.5 Å². The van der Waals surface area contributed by atoms with Gasteiger partial charge in [-0.05, 0) is 24.6 Å². The van der Waals surface area contributed by atoms with Crippen molar-refractivity contribution < 1.29 is 4.74 Å². The number of imidazole rings is 1. The molecule has 2 rings (SSSR count). The van der Waals surface area contributed by atoms with Crippen LogP contribution in [0.15, 0.2) is 36.8 Å². The maximum absolute atomic E-state index is 6.18. The number of aromatic nitrogens is 2. The minimum absolute atomic E-state index is 0.154. The molecule has 1 atom stereocenters. The Labute approximate surface area is 101 Å². The molecule has 0 aliphatic carbocycles. The molecule has 17 heavy (non-hydrogen) atoms. The third kappa shape index (κ3) is 2.47. The molecule has 0 fully saturated rings. The number of nitrogens with zero attached hydrogens (tertiary/aromatic N) is 2. The molecule has 1 aromatic heterocycles. The summed E-state index contributed by atoms with van der Waals surface area (Å²) in [6.45, 7) is 2.64. The molecule has 4 heteroatoms. The highest BCUT2D eigenvalue weighted by molar-refractivity contribution is 5.32. The van der Waals surface area contributed by atoms with E-state index in [1.807, 2.05) is 42.8 Å². The number of hydrogen-bond donors (Lipinski definition) is 1. The first-order valence-electron chi connectivity index (χ1n) is 5.67. The van der Waals surface area contributed by atoms with E-state index in [0.29, 0.717) is 6.61 Å². The molecule has 0 saturated heterocycles. The Hall–Kier alpha value is -1.81. The van der Waals surface area contributed by atoms with Gasteiger partial charge in [0.15, 0.2) is 0 Å². The third-order valence-electron chi connectivity index (χ3n) is 2.72. The van der Waals surface area contributed by atoms with Gasteiger partial charge in [-0.1, -0.05) is 12.1 Å². The quantitative estimate of drug-likeness (QED) is 0.874. The second-order valence-electron chi connectivity index (χ2n) is 3.91. The number of benzene rings is 1. The van der Waals surface area contributed by atoms with Crippen LogP contribution < -0.4 is 10.5 Å². The monoisotopic (exact) mass is 231 g/mol. The smallest absolute Gasteiger partial charge is 0.119 e. The van der Waals surface area contributed by atoms with Crippen molar-refractivity contribution in [3.63, 3.8) is 0 Å². The van der Waals surface area contributed by atoms with Crippen LogP contribution in [0.5, 0.6) is 5.75 Å². The minimum atomic E-state index is -0.154. The average molecular weight is 231 g/mol. The molecule has 2 N–H and O–H groups in total. The Bertz CT molecular complexity index is 476. The molecule has 2 aromatic rings. The topological polar surface area (TPSA) is 53.1 Å². The molecule has 0 aliphatic heterocycles. The van der Waals surface area contributed by atoms with Crippen LogP contribution in [0.3, 0.4) is 0 Å². The first-order chi connectivity index (χ1) is 8.22. The number of aryl methyl sites for hydroxylation is 1. The molecule has 0 radical (unpaired) electrons. The molecule has 4 nitrogen and oxygen atoms in total. The van der Waals surface area contributed by atoms with Crippen LogP contribution in [0.4, 0.5) is 0 Å². The number of nitrogens with two attached hydrogens (primary N) is 1. The van der Waals surface area contributed by atoms with Crippen molar-refractivity contribution in [1.29, 1.82) is 0 Å². The van der Waals surface area contributed by atoms with Crippen LogP contribution in [0.2, 0.25) is 0 Å². The minimum Gasteiger partial charge on any atom is -0.494 e. The molecule has 0 spiro atoms. The molecule has 0 saturated carbocycles. The van der Waals surface area contributed by atoms with Gasteiger partial charge in [-0.15, -0.1) is 0 Å². The Morgan fingerprint density at radius 3 is 2.59 bits per heavy atom. The van der Waals surface area contributed by atoms with E-state index in [4.69, 9.17) is 10.5 Å². The van der Waals surface area contributed by atoms with Crippen LogP contribution in [0, 0.1) is 0 Å². The van der Waals surface area contributed by atoms with Gasteiger partial charge in [-0.2, -0.15) is 0 Å². The van der Waals surface area contributed by atoms with Crippen molar-refractivity contribution in [2.45, 2.75) is 13.0 Å². The summed E-state index contributed by atoms with van der Waals surface area (Å²) in [4.78, 5) is 4.07. The highest BCUT2D eigenvalue weighted by Crippen LogP contribution is 2.21. The predicted molar refractivity (Wildman–Crippen MR) is 66.8 cm³/mol. The summed E-state index contributed by atoms with van der Waals surface area (Å²) in [5.41, 5.74) is 8.23. The molecular weight excluding hydrogens is 214 g/mol. The predicted octanol–water partition coefficient (Wildman–Crippen LogP) is 1.87. The van der Waals surface area contributed by atoms with E-state index in [1.165, 1.54) is 0 Å². The average Bonchev–Trinajstić information content (AvgIpc) is 2.76. The van der Waals surface area contributed by atoms with Gasteiger partial charge >= 0.3 is 0 Å². The summed E-state index contributed by atoms with van der Waals surface area (Å²) in [6, 6.07) is 7.70. The lowest BCUT2D eigenvalue weighted by Crippen LogP contribution is -2.15. The van der Waals surface area contributed by atoms with Crippen molar-refractivity contribution in [3.05, 3.63) is 48.0 Å². The second kappa shape index (κ2) is 5.01. The summed E-state index contributed by atoms with van der Waals surface area (Å²) < 4.78 is 7.33. The van der Waals surface area contributed by atoms with Gasteiger partial charge in [0, 0.05) is 7.05 Å². The molecule has 0 bridgehead atoms. The van der Waals surface area contributed by atoms with Gasteiger partial charge in [0.2, 0.25) is 0 Å². The fraction of sp³-hybridized carbons (Fsp3) is 0.308. The van der Waals surface area contributed by atoms with Crippen molar-refractivity contribution in [2.75, 3.05) is 6.61 Å². The molecule has 90 valence electrons. The van der Waals surface area contributed by atoms with Gasteiger partial charge in [0.1, 0.15) is 5.75 Å². The van der Waals surface area contributed by atoms with Crippen LogP contribution in [0.1, 0.15) is 24.2 Å². The van der Waals surface area contributed by atoms with Crippen molar-refractivity contribution in [3.8, 4) is 5.75 Å². The van der Waals surface area contributed by atoms with E-state index in [0.717, 1.165) is 17.0 Å². The lowest BCUT2D eigenvalue weighted by atomic mass is 10.1. The summed E-state index contributed by atoms with van der Waals surface area (Å²) >= 11 is 0. The lowest BCUT2D eigenvalue weighted by Gasteiger charge is -2.13. The van der Waals surface area contributed by atoms with E-state index in [9.17, 15) is 0 Å². The Balaban J connectivity index is 2.20. The summed E-state index contributed by atoms with van der Waals surface area (Å²) in [6.07, 6.45) is 3.55. The van der Waals surface area contributed by atoms with Gasteiger partial charge < -0.3 is 15.0 Å². The Kier molecular flexibility index (Phi) is 3.44. The molecule has 1 heterocycles. The van der Waals surface area contributed by atoms with E-state index in [2.05, 4.69) is 4.98 Å². The third-order valence-corrected chi connectivity index (χ3v) is 2.72. The number of ether oxygens (including phenoxy) is 1. The summed E-state index contributed by atoms with van der Waals surface area (Å²) in [7, 11) is 1.94. The standard InChI is InChI=1S/C13H17N3O/c1-3-17-11-6-4-10(5-7-11)13(14)12-8-15-9-16(12)2/h4-9,13H,3,14H2,1-2H3. The van der Waals surface area contributed by atoms with Crippen LogP contribution >= 0.6 is 0 Å². The fourth-order valence-corrected chi connectivity index (χ4v) is 1.78. The molecular formula is C13H17N3O. The van der Waals surface area contributed by atoms with Gasteiger partial charge in [-0.25, -0.2) is 4.98 Å². The normalized spacial score (nSPS) is 12.4. The lowest BCUT2D eigenvalue weighted by molar-refractivity contribution is 0.340. The first kappa shape index (κ1) is 11.7. The van der Waals surface area contributed by atoms with Crippen LogP contribution in [-0.4, -0.2) is 16.2 Å². The second-order valence-corrected chi connectivity index (χ2v) is 3.91. The van der Waals surface area contributed by atoms with Gasteiger partial charge in [-0.3, -0.25) is 0 Å². The van der Waals surface area contributed by atoms with Crippen LogP contribution in [0.25, 0.3) is 0 Å². The highest BCUT2D eigenvalue weighted by Gasteiger charge is 2.12. The maximum atomic E-state index is 6.18. The van der Waals surface area contributed by atoms with Gasteiger partial charge in [0.25, 0.3) is 0 Å². The van der Waals surface area contributed by atoms with E-state index in [-0.39, 0.29) is 6.04 Å². The highest BCUT2D eigenvalue weighted by atomic mass is 16.5. The van der Waals surface area contributed by atoms with Crippen LogP contribution in [-0.2, 0) is 7.05 Å². The zero-order valence-corrected chi connectivity index (χ0v) is 10.1. The summed E-state index contributed by atoms with van der Waals surface area (Å²) in [5, 5.41) is 0.